The first kappa shape index (κ1) is 26.6. The maximum atomic E-state index is 13.6. The predicted molar refractivity (Wildman–Crippen MR) is 99.9 cm³/mol. The number of hydrogen-bond acceptors (Lipinski definition) is 5. The van der Waals surface area contributed by atoms with Crippen LogP contribution in [-0.4, -0.2) is 9.85 Å². The second-order valence-electron chi connectivity index (χ2n) is 5.99. The highest BCUT2D eigenvalue weighted by Gasteiger charge is 2.46. The summed E-state index contributed by atoms with van der Waals surface area (Å²) in [5.41, 5.74) is -13.6. The van der Waals surface area contributed by atoms with Crippen LogP contribution in [0, 0.1) is 20.2 Å². The quantitative estimate of drug-likeness (QED) is 0.213. The predicted octanol–water partition coefficient (Wildman–Crippen LogP) is 7.83. The average Bonchev–Trinajstić information content (AvgIpc) is 2.61. The molecule has 7 nitrogen and oxygen atoms in total. The Bertz CT molecular complexity index is 1150. The van der Waals surface area contributed by atoms with Gasteiger partial charge in [0.25, 0.3) is 11.4 Å². The fourth-order valence-electron chi connectivity index (χ4n) is 2.59. The minimum atomic E-state index is -5.65. The van der Waals surface area contributed by atoms with Crippen LogP contribution in [0.5, 0.6) is 0 Å². The number of nitrogens with one attached hydrogen (secondary N) is 1. The van der Waals surface area contributed by atoms with Gasteiger partial charge in [0.05, 0.1) is 38.3 Å². The van der Waals surface area contributed by atoms with Gasteiger partial charge in [0, 0.05) is 15.0 Å². The van der Waals surface area contributed by atoms with Gasteiger partial charge in [-0.15, -0.1) is 0 Å². The number of nitro groups is 2. The van der Waals surface area contributed by atoms with Crippen molar-refractivity contribution >= 4 is 54.6 Å². The third-order valence-corrected chi connectivity index (χ3v) is 5.85. The lowest BCUT2D eigenvalue weighted by atomic mass is 10.0. The molecule has 0 bridgehead atoms. The fraction of sp³-hybridized carbons (Fsp3) is 0.200. The number of benzene rings is 2. The first-order chi connectivity index (χ1) is 14.8. The van der Waals surface area contributed by atoms with Gasteiger partial charge in [-0.2, -0.15) is 39.5 Å². The molecule has 0 spiro atoms. The van der Waals surface area contributed by atoms with Gasteiger partial charge in [-0.3, -0.25) is 20.2 Å². The lowest BCUT2D eigenvalue weighted by Crippen LogP contribution is -2.19. The SMILES string of the molecule is O=[N+]([O-])c1cc([N+](=O)[O-])c(Nc2c(C(F)(F)F)cc(Br)c(Br)c2C(F)(F)F)c(C(F)(F)F)c1. The van der Waals surface area contributed by atoms with Crippen LogP contribution in [0.25, 0.3) is 0 Å². The van der Waals surface area contributed by atoms with E-state index in [4.69, 9.17) is 0 Å². The van der Waals surface area contributed by atoms with E-state index in [2.05, 4.69) is 31.9 Å². The number of hydrogen-bond donors (Lipinski definition) is 1. The largest absolute Gasteiger partial charge is 0.419 e. The number of non-ortho nitro benzene ring substituents is 1. The summed E-state index contributed by atoms with van der Waals surface area (Å²) in [4.78, 5) is 19.0. The molecule has 0 atom stereocenters. The van der Waals surface area contributed by atoms with E-state index in [1.54, 1.807) is 0 Å². The van der Waals surface area contributed by atoms with Crippen molar-refractivity contribution in [3.8, 4) is 0 Å². The van der Waals surface area contributed by atoms with Crippen LogP contribution in [0.2, 0.25) is 0 Å². The van der Waals surface area contributed by atoms with Crippen molar-refractivity contribution in [1.82, 2.24) is 0 Å². The van der Waals surface area contributed by atoms with Crippen molar-refractivity contribution in [3.05, 3.63) is 64.1 Å². The molecule has 0 saturated carbocycles. The van der Waals surface area contributed by atoms with Gasteiger partial charge in [-0.1, -0.05) is 0 Å². The summed E-state index contributed by atoms with van der Waals surface area (Å²) in [6, 6.07) is -0.193. The number of alkyl halides is 9. The molecule has 0 aliphatic rings. The molecule has 2 aromatic rings. The van der Waals surface area contributed by atoms with E-state index in [0.29, 0.717) is 0 Å². The van der Waals surface area contributed by atoms with Crippen molar-refractivity contribution in [2.24, 2.45) is 0 Å². The van der Waals surface area contributed by atoms with Gasteiger partial charge in [0.1, 0.15) is 5.69 Å². The lowest BCUT2D eigenvalue weighted by molar-refractivity contribution is -0.394. The van der Waals surface area contributed by atoms with Gasteiger partial charge in [0.2, 0.25) is 0 Å². The number of anilines is 2. The highest BCUT2D eigenvalue weighted by Crippen LogP contribution is 2.52. The summed E-state index contributed by atoms with van der Waals surface area (Å²) in [5, 5.41) is 23.4. The Hall–Kier alpha value is -2.63. The smallest absolute Gasteiger partial charge is 0.348 e. The minimum Gasteiger partial charge on any atom is -0.348 e. The van der Waals surface area contributed by atoms with E-state index in [1.165, 1.54) is 5.32 Å². The van der Waals surface area contributed by atoms with Crippen molar-refractivity contribution in [2.75, 3.05) is 5.32 Å². The van der Waals surface area contributed by atoms with Crippen LogP contribution in [0.4, 0.5) is 62.3 Å². The first-order valence-corrected chi connectivity index (χ1v) is 9.32. The summed E-state index contributed by atoms with van der Waals surface area (Å²) in [6.07, 6.45) is -16.8. The Morgan fingerprint density at radius 2 is 1.21 bits per heavy atom. The van der Waals surface area contributed by atoms with Crippen LogP contribution in [0.3, 0.4) is 0 Å². The maximum Gasteiger partial charge on any atom is 0.419 e. The summed E-state index contributed by atoms with van der Waals surface area (Å²) < 4.78 is 120. The Morgan fingerprint density at radius 3 is 1.61 bits per heavy atom. The van der Waals surface area contributed by atoms with E-state index in [1.807, 2.05) is 0 Å². The topological polar surface area (TPSA) is 98.3 Å². The Kier molecular flexibility index (Phi) is 6.95. The van der Waals surface area contributed by atoms with E-state index in [-0.39, 0.29) is 18.2 Å². The van der Waals surface area contributed by atoms with Crippen molar-refractivity contribution in [1.29, 1.82) is 0 Å². The van der Waals surface area contributed by atoms with E-state index >= 15 is 0 Å². The molecule has 0 aliphatic heterocycles. The number of rotatable bonds is 4. The Morgan fingerprint density at radius 1 is 0.727 bits per heavy atom. The third-order valence-electron chi connectivity index (χ3n) is 3.87. The Labute approximate surface area is 192 Å². The van der Waals surface area contributed by atoms with Gasteiger partial charge in [-0.05, 0) is 37.9 Å². The highest BCUT2D eigenvalue weighted by molar-refractivity contribution is 9.13. The van der Waals surface area contributed by atoms with Crippen LogP contribution >= 0.6 is 31.9 Å². The van der Waals surface area contributed by atoms with Gasteiger partial charge in [0.15, 0.2) is 0 Å². The summed E-state index contributed by atoms with van der Waals surface area (Å²) in [6.45, 7) is 0. The van der Waals surface area contributed by atoms with Crippen molar-refractivity contribution < 1.29 is 49.4 Å². The molecule has 18 heteroatoms. The number of nitro benzene ring substituents is 2. The monoisotopic (exact) mass is 619 g/mol. The molecule has 0 aromatic heterocycles. The zero-order chi connectivity index (χ0) is 25.7. The van der Waals surface area contributed by atoms with E-state index < -0.39 is 76.8 Å². The summed E-state index contributed by atoms with van der Waals surface area (Å²) in [7, 11) is 0. The van der Waals surface area contributed by atoms with Crippen LogP contribution in [0.15, 0.2) is 27.1 Å². The molecule has 0 fully saturated rings. The molecular weight excluding hydrogens is 617 g/mol. The normalized spacial score (nSPS) is 12.6. The second-order valence-corrected chi connectivity index (χ2v) is 7.64. The van der Waals surface area contributed by atoms with Crippen LogP contribution in [0.1, 0.15) is 16.7 Å². The molecule has 0 unspecified atom stereocenters. The molecule has 0 saturated heterocycles. The number of nitrogens with zero attached hydrogens (tertiary/aromatic N) is 2. The summed E-state index contributed by atoms with van der Waals surface area (Å²) in [5.74, 6) is 0. The zero-order valence-electron chi connectivity index (χ0n) is 14.9. The van der Waals surface area contributed by atoms with Crippen molar-refractivity contribution in [3.63, 3.8) is 0 Å². The van der Waals surface area contributed by atoms with E-state index in [0.717, 1.165) is 0 Å². The second kappa shape index (κ2) is 8.62. The minimum absolute atomic E-state index is 0.0357. The zero-order valence-corrected chi connectivity index (χ0v) is 18.1. The average molecular weight is 621 g/mol. The standard InChI is InChI=1S/C15H4Br2F9N3O4/c16-7-3-6(14(21,22)23)12(9(10(7)17)15(24,25)26)27-11-5(13(18,19)20)1-4(28(30)31)2-8(11)29(32)33/h1-3,27H. The molecule has 2 rings (SSSR count). The van der Waals surface area contributed by atoms with Crippen LogP contribution < -0.4 is 5.32 Å². The molecule has 1 N–H and O–H groups in total. The number of halogens is 11. The molecule has 0 heterocycles. The molecule has 2 aromatic carbocycles. The van der Waals surface area contributed by atoms with Crippen molar-refractivity contribution in [2.45, 2.75) is 18.5 Å². The molecule has 0 aliphatic carbocycles. The molecular formula is C15H4Br2F9N3O4. The third kappa shape index (κ3) is 5.48. The molecule has 0 radical (unpaired) electrons. The highest BCUT2D eigenvalue weighted by atomic mass is 79.9. The lowest BCUT2D eigenvalue weighted by Gasteiger charge is -2.23. The molecule has 180 valence electrons. The van der Waals surface area contributed by atoms with E-state index in [9.17, 15) is 59.7 Å². The van der Waals surface area contributed by atoms with Gasteiger partial charge >= 0.3 is 18.5 Å². The molecule has 0 amide bonds. The van der Waals surface area contributed by atoms with Gasteiger partial charge in [-0.25, -0.2) is 0 Å². The van der Waals surface area contributed by atoms with Crippen LogP contribution in [-0.2, 0) is 18.5 Å². The van der Waals surface area contributed by atoms with Gasteiger partial charge < -0.3 is 5.32 Å². The molecule has 33 heavy (non-hydrogen) atoms. The summed E-state index contributed by atoms with van der Waals surface area (Å²) >= 11 is 4.87. The Balaban J connectivity index is 3.06. The first-order valence-electron chi connectivity index (χ1n) is 7.74. The fourth-order valence-corrected chi connectivity index (χ4v) is 3.55. The maximum absolute atomic E-state index is 13.6.